The molecular weight excluding hydrogens is 541 g/mol. The largest absolute Gasteiger partial charge is 0.430 e. The number of nitrogens with zero attached hydrogens (tertiary/aromatic N) is 2. The van der Waals surface area contributed by atoms with Gasteiger partial charge in [-0.1, -0.05) is 38.1 Å². The van der Waals surface area contributed by atoms with E-state index in [1.807, 2.05) is 18.7 Å². The zero-order valence-corrected chi connectivity index (χ0v) is 22.0. The van der Waals surface area contributed by atoms with Crippen LogP contribution in [0.2, 0.25) is 0 Å². The van der Waals surface area contributed by atoms with Gasteiger partial charge in [0.1, 0.15) is 5.82 Å². The molecule has 1 heterocycles. The van der Waals surface area contributed by atoms with Gasteiger partial charge in [0.2, 0.25) is 10.0 Å². The first-order valence-corrected chi connectivity index (χ1v) is 13.6. The smallest absolute Gasteiger partial charge is 0.369 e. The van der Waals surface area contributed by atoms with E-state index in [9.17, 15) is 39.9 Å². The van der Waals surface area contributed by atoms with Crippen molar-refractivity contribution in [3.05, 3.63) is 58.4 Å². The van der Waals surface area contributed by atoms with E-state index >= 15 is 4.39 Å². The second-order valence-corrected chi connectivity index (χ2v) is 11.8. The van der Waals surface area contributed by atoms with Gasteiger partial charge >= 0.3 is 12.4 Å². The highest BCUT2D eigenvalue weighted by Gasteiger charge is 2.71. The molecule has 0 unspecified atom stereocenters. The fourth-order valence-corrected chi connectivity index (χ4v) is 5.43. The number of hydrogen-bond donors (Lipinski definition) is 1. The van der Waals surface area contributed by atoms with Crippen molar-refractivity contribution < 1.29 is 44.3 Å². The van der Waals surface area contributed by atoms with Gasteiger partial charge < -0.3 is 5.11 Å². The molecule has 38 heavy (non-hydrogen) atoms. The van der Waals surface area contributed by atoms with Gasteiger partial charge in [-0.25, -0.2) is 12.8 Å². The summed E-state index contributed by atoms with van der Waals surface area (Å²) in [5.41, 5.74) is -4.92. The molecule has 3 rings (SSSR count). The molecule has 1 aliphatic rings. The van der Waals surface area contributed by atoms with Crippen molar-refractivity contribution in [3.63, 3.8) is 0 Å². The van der Waals surface area contributed by atoms with Crippen LogP contribution in [0.4, 0.5) is 30.7 Å². The molecule has 0 spiro atoms. The lowest BCUT2D eigenvalue weighted by molar-refractivity contribution is -0.376. The average Bonchev–Trinajstić information content (AvgIpc) is 2.77. The Hall–Kier alpha value is -2.22. The van der Waals surface area contributed by atoms with E-state index in [-0.39, 0.29) is 36.7 Å². The SMILES string of the molecule is Cc1cc(C(O)(C(F)(F)F)C(F)(F)F)ccc1-c1cc(F)c(CN2CCN(S(C)(=O)=O)CC2)cc1C(C)C. The molecule has 0 amide bonds. The van der Waals surface area contributed by atoms with Crippen molar-refractivity contribution in [2.45, 2.75) is 51.2 Å². The molecular formula is C25H29F7N2O3S. The molecule has 5 nitrogen and oxygen atoms in total. The number of aryl methyl sites for hydroxylation is 1. The van der Waals surface area contributed by atoms with Crippen LogP contribution >= 0.6 is 0 Å². The lowest BCUT2D eigenvalue weighted by Crippen LogP contribution is -2.53. The van der Waals surface area contributed by atoms with Crippen molar-refractivity contribution in [1.82, 2.24) is 9.21 Å². The average molecular weight is 571 g/mol. The number of alkyl halides is 6. The van der Waals surface area contributed by atoms with Gasteiger partial charge in [-0.15, -0.1) is 0 Å². The summed E-state index contributed by atoms with van der Waals surface area (Å²) in [7, 11) is -3.33. The molecule has 212 valence electrons. The molecule has 0 bridgehead atoms. The number of rotatable bonds is 6. The van der Waals surface area contributed by atoms with E-state index < -0.39 is 39.4 Å². The Labute approximate surface area is 216 Å². The molecule has 13 heteroatoms. The van der Waals surface area contributed by atoms with E-state index in [2.05, 4.69) is 0 Å². The first kappa shape index (κ1) is 30.3. The van der Waals surface area contributed by atoms with Crippen LogP contribution in [0.25, 0.3) is 11.1 Å². The molecule has 0 saturated carbocycles. The van der Waals surface area contributed by atoms with E-state index in [4.69, 9.17) is 0 Å². The summed E-state index contributed by atoms with van der Waals surface area (Å²) in [5, 5.41) is 9.73. The van der Waals surface area contributed by atoms with Crippen molar-refractivity contribution in [1.29, 1.82) is 0 Å². The lowest BCUT2D eigenvalue weighted by atomic mass is 9.85. The molecule has 0 atom stereocenters. The highest BCUT2D eigenvalue weighted by Crippen LogP contribution is 2.50. The molecule has 2 aromatic carbocycles. The Kier molecular flexibility index (Phi) is 8.30. The third kappa shape index (κ3) is 5.85. The van der Waals surface area contributed by atoms with Crippen molar-refractivity contribution >= 4 is 10.0 Å². The minimum Gasteiger partial charge on any atom is -0.369 e. The van der Waals surface area contributed by atoms with E-state index in [0.29, 0.717) is 41.9 Å². The van der Waals surface area contributed by atoms with Gasteiger partial charge in [0.15, 0.2) is 0 Å². The minimum absolute atomic E-state index is 0.000344. The fourth-order valence-electron chi connectivity index (χ4n) is 4.61. The molecule has 0 aliphatic carbocycles. The standard InChI is InChI=1S/C25H29F7N2O3S/c1-15(2)20-12-17(14-33-7-9-34(10-8-33)38(4,36)37)22(26)13-21(20)19-6-5-18(11-16(19)3)23(35,24(27,28)29)25(30,31)32/h5-6,11-13,15,35H,7-10,14H2,1-4H3. The summed E-state index contributed by atoms with van der Waals surface area (Å²) in [4.78, 5) is 1.90. The van der Waals surface area contributed by atoms with E-state index in [1.54, 1.807) is 6.07 Å². The summed E-state index contributed by atoms with van der Waals surface area (Å²) in [5.74, 6) is -0.784. The predicted molar refractivity (Wildman–Crippen MR) is 128 cm³/mol. The second-order valence-electron chi connectivity index (χ2n) is 9.86. The first-order chi connectivity index (χ1) is 17.3. The summed E-state index contributed by atoms with van der Waals surface area (Å²) < 4.78 is 120. The number of aliphatic hydroxyl groups is 1. The minimum atomic E-state index is -6.01. The summed E-state index contributed by atoms with van der Waals surface area (Å²) in [6, 6.07) is 5.03. The normalized spacial score (nSPS) is 16.9. The monoisotopic (exact) mass is 570 g/mol. The fraction of sp³-hybridized carbons (Fsp3) is 0.520. The van der Waals surface area contributed by atoms with Gasteiger partial charge in [0, 0.05) is 43.9 Å². The molecule has 0 aromatic heterocycles. The highest BCUT2D eigenvalue weighted by atomic mass is 32.2. The van der Waals surface area contributed by atoms with Crippen molar-refractivity contribution in [2.24, 2.45) is 0 Å². The van der Waals surface area contributed by atoms with Crippen LogP contribution in [0.5, 0.6) is 0 Å². The number of hydrogen-bond acceptors (Lipinski definition) is 4. The summed E-state index contributed by atoms with van der Waals surface area (Å²) >= 11 is 0. The third-order valence-electron chi connectivity index (χ3n) is 6.79. The lowest BCUT2D eigenvalue weighted by Gasteiger charge is -2.33. The first-order valence-electron chi connectivity index (χ1n) is 11.7. The van der Waals surface area contributed by atoms with Gasteiger partial charge in [-0.2, -0.15) is 30.6 Å². The zero-order valence-electron chi connectivity index (χ0n) is 21.2. The highest BCUT2D eigenvalue weighted by molar-refractivity contribution is 7.88. The number of sulfonamides is 1. The van der Waals surface area contributed by atoms with Crippen LogP contribution in [0.1, 0.15) is 42.0 Å². The number of halogens is 7. The maximum absolute atomic E-state index is 15.2. The molecule has 2 aromatic rings. The Balaban J connectivity index is 1.98. The van der Waals surface area contributed by atoms with Crippen LogP contribution in [0.15, 0.2) is 30.3 Å². The van der Waals surface area contributed by atoms with Crippen molar-refractivity contribution in [3.8, 4) is 11.1 Å². The Morgan fingerprint density at radius 1 is 0.921 bits per heavy atom. The Bertz CT molecular complexity index is 1270. The van der Waals surface area contributed by atoms with Crippen LogP contribution in [0, 0.1) is 12.7 Å². The van der Waals surface area contributed by atoms with Gasteiger partial charge in [-0.3, -0.25) is 4.90 Å². The van der Waals surface area contributed by atoms with Crippen LogP contribution in [-0.4, -0.2) is 67.5 Å². The van der Waals surface area contributed by atoms with Crippen LogP contribution < -0.4 is 0 Å². The van der Waals surface area contributed by atoms with E-state index in [0.717, 1.165) is 12.3 Å². The molecule has 1 N–H and O–H groups in total. The quantitative estimate of drug-likeness (QED) is 0.478. The maximum Gasteiger partial charge on any atom is 0.430 e. The molecule has 1 saturated heterocycles. The summed E-state index contributed by atoms with van der Waals surface area (Å²) in [6.07, 6.45) is -10.9. The Morgan fingerprint density at radius 2 is 1.47 bits per heavy atom. The third-order valence-corrected chi connectivity index (χ3v) is 8.09. The Morgan fingerprint density at radius 3 is 1.92 bits per heavy atom. The molecule has 0 radical (unpaired) electrons. The molecule has 1 fully saturated rings. The number of benzene rings is 2. The van der Waals surface area contributed by atoms with E-state index in [1.165, 1.54) is 17.3 Å². The topological polar surface area (TPSA) is 60.9 Å². The van der Waals surface area contributed by atoms with Gasteiger partial charge in [-0.05, 0) is 41.2 Å². The van der Waals surface area contributed by atoms with Crippen molar-refractivity contribution in [2.75, 3.05) is 32.4 Å². The predicted octanol–water partition coefficient (Wildman–Crippen LogP) is 5.31. The van der Waals surface area contributed by atoms with Gasteiger partial charge in [0.25, 0.3) is 5.60 Å². The van der Waals surface area contributed by atoms with Gasteiger partial charge in [0.05, 0.1) is 6.26 Å². The zero-order chi connectivity index (χ0) is 28.8. The molecule has 1 aliphatic heterocycles. The summed E-state index contributed by atoms with van der Waals surface area (Å²) in [6.45, 7) is 6.46. The van der Waals surface area contributed by atoms with Crippen LogP contribution in [-0.2, 0) is 22.2 Å². The number of piperazine rings is 1. The maximum atomic E-state index is 15.2. The second kappa shape index (κ2) is 10.4. The van der Waals surface area contributed by atoms with Crippen LogP contribution in [0.3, 0.4) is 0 Å².